The highest BCUT2D eigenvalue weighted by molar-refractivity contribution is 7.22. The number of carbonyl (C=O) groups is 1. The van der Waals surface area contributed by atoms with Gasteiger partial charge in [-0.1, -0.05) is 22.7 Å². The van der Waals surface area contributed by atoms with E-state index in [2.05, 4.69) is 15.1 Å². The molecule has 32 heavy (non-hydrogen) atoms. The largest absolute Gasteiger partial charge is 0.493 e. The predicted octanol–water partition coefficient (Wildman–Crippen LogP) is 2.84. The first-order chi connectivity index (χ1) is 15.5. The second-order valence-electron chi connectivity index (χ2n) is 7.12. The van der Waals surface area contributed by atoms with Crippen molar-refractivity contribution >= 4 is 48.9 Å². The van der Waals surface area contributed by atoms with Gasteiger partial charge in [0.2, 0.25) is 0 Å². The van der Waals surface area contributed by atoms with Gasteiger partial charge in [0.1, 0.15) is 5.52 Å². The Balaban J connectivity index is 1.28. The lowest BCUT2D eigenvalue weighted by Crippen LogP contribution is -2.48. The first kappa shape index (κ1) is 22.2. The number of amides is 1. The van der Waals surface area contributed by atoms with Crippen molar-refractivity contribution in [3.63, 3.8) is 0 Å². The van der Waals surface area contributed by atoms with Crippen LogP contribution in [-0.4, -0.2) is 74.2 Å². The van der Waals surface area contributed by atoms with Gasteiger partial charge >= 0.3 is 5.00 Å². The Morgan fingerprint density at radius 3 is 2.59 bits per heavy atom. The van der Waals surface area contributed by atoms with Gasteiger partial charge in [-0.3, -0.25) is 19.8 Å². The fourth-order valence-electron chi connectivity index (χ4n) is 3.56. The Morgan fingerprint density at radius 2 is 1.94 bits per heavy atom. The van der Waals surface area contributed by atoms with E-state index in [1.807, 2.05) is 12.1 Å². The molecule has 1 amide bonds. The third kappa shape index (κ3) is 4.61. The normalized spacial score (nSPS) is 14.5. The molecule has 0 saturated carbocycles. The highest BCUT2D eigenvalue weighted by Crippen LogP contribution is 2.40. The van der Waals surface area contributed by atoms with E-state index in [1.54, 1.807) is 25.6 Å². The number of hydrogen-bond donors (Lipinski definition) is 1. The van der Waals surface area contributed by atoms with Crippen molar-refractivity contribution in [2.45, 2.75) is 0 Å². The number of anilines is 1. The molecule has 1 aliphatic rings. The van der Waals surface area contributed by atoms with E-state index in [9.17, 15) is 14.9 Å². The number of thiophene rings is 1. The first-order valence-electron chi connectivity index (χ1n) is 10.0. The number of nitrogens with one attached hydrogen (secondary N) is 1. The summed E-state index contributed by atoms with van der Waals surface area (Å²) in [5.74, 6) is 1.04. The number of thiazole rings is 1. The minimum absolute atomic E-state index is 0.0304. The number of hydrogen-bond acceptors (Lipinski definition) is 10. The number of piperazine rings is 1. The van der Waals surface area contributed by atoms with Gasteiger partial charge in [-0.15, -0.1) is 0 Å². The second kappa shape index (κ2) is 9.67. The third-order valence-corrected chi connectivity index (χ3v) is 7.36. The van der Waals surface area contributed by atoms with Crippen LogP contribution in [0.1, 0.15) is 9.67 Å². The number of aromatic nitrogens is 1. The third-order valence-electron chi connectivity index (χ3n) is 5.24. The van der Waals surface area contributed by atoms with Crippen LogP contribution < -0.4 is 19.7 Å². The molecule has 0 bridgehead atoms. The quantitative estimate of drug-likeness (QED) is 0.390. The number of fused-ring (bicyclic) bond motifs is 1. The minimum atomic E-state index is -0.487. The Labute approximate surface area is 192 Å². The van der Waals surface area contributed by atoms with E-state index in [0.29, 0.717) is 22.9 Å². The molecule has 0 spiro atoms. The lowest BCUT2D eigenvalue weighted by Gasteiger charge is -2.34. The molecular weight excluding hydrogens is 454 g/mol. The highest BCUT2D eigenvalue weighted by atomic mass is 32.1. The fraction of sp³-hybridized carbons (Fsp3) is 0.400. The van der Waals surface area contributed by atoms with Gasteiger partial charge in [0.15, 0.2) is 16.6 Å². The van der Waals surface area contributed by atoms with Gasteiger partial charge in [0.05, 0.1) is 28.7 Å². The lowest BCUT2D eigenvalue weighted by atomic mass is 10.3. The number of benzene rings is 1. The Bertz CT molecular complexity index is 1120. The number of rotatable bonds is 8. The number of ether oxygens (including phenoxy) is 2. The summed E-state index contributed by atoms with van der Waals surface area (Å²) in [6.07, 6.45) is 0. The first-order valence-corrected chi connectivity index (χ1v) is 11.6. The van der Waals surface area contributed by atoms with Crippen molar-refractivity contribution in [3.8, 4) is 11.5 Å². The van der Waals surface area contributed by atoms with Gasteiger partial charge in [-0.2, -0.15) is 0 Å². The van der Waals surface area contributed by atoms with Crippen molar-refractivity contribution in [1.82, 2.24) is 15.2 Å². The molecule has 2 aromatic heterocycles. The van der Waals surface area contributed by atoms with Crippen LogP contribution in [0.25, 0.3) is 10.2 Å². The molecule has 4 rings (SSSR count). The molecule has 0 unspecified atom stereocenters. The summed E-state index contributed by atoms with van der Waals surface area (Å²) < 4.78 is 11.9. The van der Waals surface area contributed by atoms with E-state index in [4.69, 9.17) is 14.5 Å². The SMILES string of the molecule is COc1ccc2sc(N3CCN(CCNC(=O)c4ccc([N+](=O)[O-])s4)CC3)nc2c1OC. The van der Waals surface area contributed by atoms with Gasteiger partial charge in [0, 0.05) is 45.3 Å². The van der Waals surface area contributed by atoms with E-state index in [0.717, 1.165) is 59.4 Å². The lowest BCUT2D eigenvalue weighted by molar-refractivity contribution is -0.380. The summed E-state index contributed by atoms with van der Waals surface area (Å²) in [5, 5.41) is 14.5. The van der Waals surface area contributed by atoms with Crippen LogP contribution in [0.2, 0.25) is 0 Å². The highest BCUT2D eigenvalue weighted by Gasteiger charge is 2.22. The fourth-order valence-corrected chi connectivity index (χ4v) is 5.31. The summed E-state index contributed by atoms with van der Waals surface area (Å²) in [5.41, 5.74) is 0.811. The topological polar surface area (TPSA) is 110 Å². The van der Waals surface area contributed by atoms with Crippen LogP contribution in [0.4, 0.5) is 10.1 Å². The summed E-state index contributed by atoms with van der Waals surface area (Å²) in [4.78, 5) is 32.1. The van der Waals surface area contributed by atoms with Crippen LogP contribution in [0.5, 0.6) is 11.5 Å². The average molecular weight is 478 g/mol. The van der Waals surface area contributed by atoms with Crippen molar-refractivity contribution in [3.05, 3.63) is 39.3 Å². The van der Waals surface area contributed by atoms with Gasteiger partial charge in [0.25, 0.3) is 5.91 Å². The van der Waals surface area contributed by atoms with Gasteiger partial charge in [-0.05, 0) is 18.2 Å². The monoisotopic (exact) mass is 477 g/mol. The standard InChI is InChI=1S/C20H23N5O5S2/c1-29-13-3-4-14-17(18(13)30-2)22-20(32-14)24-11-9-23(10-12-24)8-7-21-19(26)15-5-6-16(31-15)25(27)28/h3-6H,7-12H2,1-2H3,(H,21,26). The molecule has 1 aliphatic heterocycles. The summed E-state index contributed by atoms with van der Waals surface area (Å²) in [7, 11) is 3.23. The van der Waals surface area contributed by atoms with Crippen LogP contribution >= 0.6 is 22.7 Å². The number of carbonyl (C=O) groups excluding carboxylic acids is 1. The van der Waals surface area contributed by atoms with Crippen molar-refractivity contribution in [2.24, 2.45) is 0 Å². The summed E-state index contributed by atoms with van der Waals surface area (Å²) in [6.45, 7) is 4.60. The van der Waals surface area contributed by atoms with Crippen molar-refractivity contribution < 1.29 is 19.2 Å². The molecule has 1 saturated heterocycles. The van der Waals surface area contributed by atoms with Crippen molar-refractivity contribution in [2.75, 3.05) is 58.4 Å². The van der Waals surface area contributed by atoms with Crippen LogP contribution in [-0.2, 0) is 0 Å². The second-order valence-corrected chi connectivity index (χ2v) is 9.20. The zero-order valence-electron chi connectivity index (χ0n) is 17.7. The van der Waals surface area contributed by atoms with E-state index >= 15 is 0 Å². The number of nitrogens with zero attached hydrogens (tertiary/aromatic N) is 4. The van der Waals surface area contributed by atoms with Crippen LogP contribution in [0, 0.1) is 10.1 Å². The number of nitro groups is 1. The molecular formula is C20H23N5O5S2. The maximum absolute atomic E-state index is 12.2. The molecule has 1 N–H and O–H groups in total. The van der Waals surface area contributed by atoms with Crippen LogP contribution in [0.15, 0.2) is 24.3 Å². The molecule has 170 valence electrons. The number of methoxy groups -OCH3 is 2. The Morgan fingerprint density at radius 1 is 1.16 bits per heavy atom. The minimum Gasteiger partial charge on any atom is -0.493 e. The summed E-state index contributed by atoms with van der Waals surface area (Å²) >= 11 is 2.52. The molecule has 0 atom stereocenters. The van der Waals surface area contributed by atoms with Crippen molar-refractivity contribution in [1.29, 1.82) is 0 Å². The maximum atomic E-state index is 12.2. The van der Waals surface area contributed by atoms with E-state index in [1.165, 1.54) is 12.1 Å². The molecule has 10 nitrogen and oxygen atoms in total. The molecule has 1 fully saturated rings. The molecule has 12 heteroatoms. The average Bonchev–Trinajstić information content (AvgIpc) is 3.46. The maximum Gasteiger partial charge on any atom is 0.324 e. The molecule has 1 aromatic carbocycles. The zero-order chi connectivity index (χ0) is 22.7. The Hall–Kier alpha value is -2.96. The Kier molecular flexibility index (Phi) is 6.72. The van der Waals surface area contributed by atoms with Crippen LogP contribution in [0.3, 0.4) is 0 Å². The van der Waals surface area contributed by atoms with Gasteiger partial charge < -0.3 is 19.7 Å². The van der Waals surface area contributed by atoms with Gasteiger partial charge in [-0.25, -0.2) is 4.98 Å². The molecule has 0 radical (unpaired) electrons. The van der Waals surface area contributed by atoms with E-state index in [-0.39, 0.29) is 10.9 Å². The molecule has 0 aliphatic carbocycles. The molecule has 3 heterocycles. The summed E-state index contributed by atoms with van der Waals surface area (Å²) in [6, 6.07) is 6.73. The van der Waals surface area contributed by atoms with E-state index < -0.39 is 4.92 Å². The smallest absolute Gasteiger partial charge is 0.324 e. The predicted molar refractivity (Wildman–Crippen MR) is 125 cm³/mol. The molecule has 3 aromatic rings. The zero-order valence-corrected chi connectivity index (χ0v) is 19.3.